The zero-order chi connectivity index (χ0) is 24.9. The lowest BCUT2D eigenvalue weighted by Gasteiger charge is -2.25. The second-order valence-corrected chi connectivity index (χ2v) is 8.44. The Hall–Kier alpha value is -4.64. The van der Waals surface area contributed by atoms with Crippen LogP contribution >= 0.6 is 0 Å². The van der Waals surface area contributed by atoms with E-state index in [1.807, 2.05) is 98.8 Å². The molecule has 0 aliphatic carbocycles. The minimum absolute atomic E-state index is 0.191. The van der Waals surface area contributed by atoms with Crippen molar-refractivity contribution in [3.8, 4) is 0 Å². The van der Waals surface area contributed by atoms with Crippen molar-refractivity contribution < 1.29 is 9.53 Å². The van der Waals surface area contributed by atoms with Crippen molar-refractivity contribution in [1.29, 1.82) is 0 Å². The monoisotopic (exact) mass is 473 g/mol. The third-order valence-corrected chi connectivity index (χ3v) is 6.01. The van der Waals surface area contributed by atoms with Crippen molar-refractivity contribution in [1.82, 2.24) is 4.90 Å². The Morgan fingerprint density at radius 1 is 0.778 bits per heavy atom. The molecule has 36 heavy (non-hydrogen) atoms. The number of amides is 1. The maximum absolute atomic E-state index is 13.0. The van der Waals surface area contributed by atoms with E-state index < -0.39 is 0 Å². The van der Waals surface area contributed by atoms with Gasteiger partial charge in [-0.05, 0) is 73.5 Å². The van der Waals surface area contributed by atoms with Crippen LogP contribution in [0.1, 0.15) is 18.1 Å². The molecule has 1 fully saturated rings. The average molecular weight is 474 g/mol. The number of benzene rings is 4. The van der Waals surface area contributed by atoms with E-state index in [0.29, 0.717) is 12.6 Å². The quantitative estimate of drug-likeness (QED) is 0.275. The summed E-state index contributed by atoms with van der Waals surface area (Å²) in [5.41, 5.74) is 5.83. The first-order valence-electron chi connectivity index (χ1n) is 12.0. The summed E-state index contributed by atoms with van der Waals surface area (Å²) in [5, 5.41) is 0. The molecule has 0 atom stereocenters. The molecule has 0 unspecified atom stereocenters. The minimum atomic E-state index is -0.191. The van der Waals surface area contributed by atoms with Gasteiger partial charge in [-0.25, -0.2) is 0 Å². The van der Waals surface area contributed by atoms with E-state index in [2.05, 4.69) is 34.2 Å². The molecule has 1 aliphatic rings. The van der Waals surface area contributed by atoms with E-state index in [1.54, 1.807) is 11.0 Å². The van der Waals surface area contributed by atoms with Crippen molar-refractivity contribution in [2.75, 3.05) is 11.4 Å². The number of hydrogen-bond acceptors (Lipinski definition) is 4. The van der Waals surface area contributed by atoms with E-state index in [4.69, 9.17) is 4.74 Å². The summed E-state index contributed by atoms with van der Waals surface area (Å²) in [5.74, 6) is 0.0732. The molecule has 5 heteroatoms. The minimum Gasteiger partial charge on any atom is -0.419 e. The molecule has 0 bridgehead atoms. The maximum Gasteiger partial charge on any atom is 0.305 e. The van der Waals surface area contributed by atoms with Crippen molar-refractivity contribution in [2.24, 2.45) is 4.99 Å². The lowest BCUT2D eigenvalue weighted by atomic mass is 10.1. The first-order valence-corrected chi connectivity index (χ1v) is 12.0. The molecular formula is C31H27N3O2. The van der Waals surface area contributed by atoms with Gasteiger partial charge in [0.1, 0.15) is 0 Å². The fourth-order valence-electron chi connectivity index (χ4n) is 4.13. The number of likely N-dealkylation sites (N-methyl/N-ethyl adjacent to an activating group) is 1. The molecule has 4 aromatic rings. The molecule has 1 aliphatic heterocycles. The second-order valence-electron chi connectivity index (χ2n) is 8.44. The predicted molar refractivity (Wildman–Crippen MR) is 146 cm³/mol. The van der Waals surface area contributed by atoms with Crippen molar-refractivity contribution in [3.05, 3.63) is 126 Å². The highest BCUT2D eigenvalue weighted by atomic mass is 16.5. The highest BCUT2D eigenvalue weighted by molar-refractivity contribution is 6.11. The van der Waals surface area contributed by atoms with Gasteiger partial charge in [-0.2, -0.15) is 4.99 Å². The van der Waals surface area contributed by atoms with E-state index in [0.717, 1.165) is 33.9 Å². The molecular weight excluding hydrogens is 446 g/mol. The third-order valence-electron chi connectivity index (χ3n) is 6.01. The van der Waals surface area contributed by atoms with Gasteiger partial charge in [0.15, 0.2) is 5.76 Å². The van der Waals surface area contributed by atoms with Crippen LogP contribution in [0.25, 0.3) is 6.08 Å². The third kappa shape index (κ3) is 4.77. The molecule has 178 valence electrons. The number of aliphatic imine (C=N–C) groups is 1. The topological polar surface area (TPSA) is 45.1 Å². The fourth-order valence-corrected chi connectivity index (χ4v) is 4.13. The highest BCUT2D eigenvalue weighted by Crippen LogP contribution is 2.34. The number of hydrogen-bond donors (Lipinski definition) is 0. The standard InChI is InChI=1S/C31H27N3O2/c1-3-33-30(35)29(36-31(33)32-28-17-11-10-12-23(28)2)22-24-18-20-27(21-19-24)34(25-13-6-4-7-14-25)26-15-8-5-9-16-26/h4-22H,3H2,1-2H3/b29-22+,32-31-. The zero-order valence-electron chi connectivity index (χ0n) is 20.3. The van der Waals surface area contributed by atoms with Crippen LogP contribution in [0.2, 0.25) is 0 Å². The van der Waals surface area contributed by atoms with Gasteiger partial charge in [0.25, 0.3) is 5.91 Å². The van der Waals surface area contributed by atoms with Crippen LogP contribution in [0.5, 0.6) is 0 Å². The van der Waals surface area contributed by atoms with Crippen LogP contribution in [-0.4, -0.2) is 23.4 Å². The normalized spacial score (nSPS) is 15.4. The summed E-state index contributed by atoms with van der Waals surface area (Å²) < 4.78 is 5.93. The van der Waals surface area contributed by atoms with E-state index >= 15 is 0 Å². The molecule has 5 nitrogen and oxygen atoms in total. The predicted octanol–water partition coefficient (Wildman–Crippen LogP) is 7.37. The van der Waals surface area contributed by atoms with Gasteiger partial charge in [0, 0.05) is 23.6 Å². The van der Waals surface area contributed by atoms with Gasteiger partial charge >= 0.3 is 6.02 Å². The number of nitrogens with zero attached hydrogens (tertiary/aromatic N) is 3. The van der Waals surface area contributed by atoms with Gasteiger partial charge in [0.2, 0.25) is 0 Å². The summed E-state index contributed by atoms with van der Waals surface area (Å²) in [6.45, 7) is 4.37. The first-order chi connectivity index (χ1) is 17.6. The molecule has 1 amide bonds. The lowest BCUT2D eigenvalue weighted by molar-refractivity contribution is -0.122. The Labute approximate surface area is 211 Å². The summed E-state index contributed by atoms with van der Waals surface area (Å²) >= 11 is 0. The van der Waals surface area contributed by atoms with Gasteiger partial charge in [0.05, 0.1) is 5.69 Å². The lowest BCUT2D eigenvalue weighted by Crippen LogP contribution is -2.29. The van der Waals surface area contributed by atoms with Crippen molar-refractivity contribution >= 4 is 40.8 Å². The number of amidine groups is 1. The number of para-hydroxylation sites is 3. The van der Waals surface area contributed by atoms with Gasteiger partial charge < -0.3 is 9.64 Å². The molecule has 1 saturated heterocycles. The number of ether oxygens (including phenoxy) is 1. The molecule has 5 rings (SSSR count). The van der Waals surface area contributed by atoms with Crippen LogP contribution < -0.4 is 4.90 Å². The largest absolute Gasteiger partial charge is 0.419 e. The first kappa shape index (κ1) is 23.1. The van der Waals surface area contributed by atoms with Crippen molar-refractivity contribution in [2.45, 2.75) is 13.8 Å². The maximum atomic E-state index is 13.0. The number of aryl methyl sites for hydroxylation is 1. The van der Waals surface area contributed by atoms with Gasteiger partial charge in [-0.3, -0.25) is 9.69 Å². The summed E-state index contributed by atoms with van der Waals surface area (Å²) in [6.07, 6.45) is 1.77. The zero-order valence-corrected chi connectivity index (χ0v) is 20.3. The number of carbonyl (C=O) groups excluding carboxylic acids is 1. The summed E-state index contributed by atoms with van der Waals surface area (Å²) in [4.78, 5) is 21.4. The van der Waals surface area contributed by atoms with Crippen LogP contribution in [0.4, 0.5) is 22.7 Å². The molecule has 0 radical (unpaired) electrons. The molecule has 1 heterocycles. The van der Waals surface area contributed by atoms with E-state index in [9.17, 15) is 4.79 Å². The molecule has 0 N–H and O–H groups in total. The number of rotatable bonds is 6. The van der Waals surface area contributed by atoms with Crippen LogP contribution in [0, 0.1) is 6.92 Å². The molecule has 4 aromatic carbocycles. The SMILES string of the molecule is CCN1C(=O)/C(=C\c2ccc(N(c3ccccc3)c3ccccc3)cc2)O/C1=N\c1ccccc1C. The average Bonchev–Trinajstić information content (AvgIpc) is 3.21. The number of anilines is 3. The van der Waals surface area contributed by atoms with Gasteiger partial charge in [-0.1, -0.05) is 66.7 Å². The molecule has 0 saturated carbocycles. The van der Waals surface area contributed by atoms with Crippen molar-refractivity contribution in [3.63, 3.8) is 0 Å². The second kappa shape index (κ2) is 10.3. The smallest absolute Gasteiger partial charge is 0.305 e. The Morgan fingerprint density at radius 2 is 1.33 bits per heavy atom. The van der Waals surface area contributed by atoms with E-state index in [1.165, 1.54) is 0 Å². The highest BCUT2D eigenvalue weighted by Gasteiger charge is 2.33. The summed E-state index contributed by atoms with van der Waals surface area (Å²) in [6, 6.07) is 36.6. The van der Waals surface area contributed by atoms with E-state index in [-0.39, 0.29) is 11.7 Å². The fraction of sp³-hybridized carbons (Fsp3) is 0.0968. The Bertz CT molecular complexity index is 1370. The Kier molecular flexibility index (Phi) is 6.63. The van der Waals surface area contributed by atoms with Crippen LogP contribution in [-0.2, 0) is 9.53 Å². The number of carbonyl (C=O) groups is 1. The molecule has 0 spiro atoms. The van der Waals surface area contributed by atoms with Gasteiger partial charge in [-0.15, -0.1) is 0 Å². The van der Waals surface area contributed by atoms with Crippen LogP contribution in [0.15, 0.2) is 120 Å². The Balaban J connectivity index is 1.44. The summed E-state index contributed by atoms with van der Waals surface area (Å²) in [7, 11) is 0. The van der Waals surface area contributed by atoms with Crippen LogP contribution in [0.3, 0.4) is 0 Å². The Morgan fingerprint density at radius 3 is 1.92 bits per heavy atom. The molecule has 0 aromatic heterocycles.